The van der Waals surface area contributed by atoms with Gasteiger partial charge < -0.3 is 15.7 Å². The van der Waals surface area contributed by atoms with Crippen LogP contribution in [-0.4, -0.2) is 11.1 Å². The molecule has 0 aliphatic heterocycles. The molecule has 110 valence electrons. The highest BCUT2D eigenvalue weighted by molar-refractivity contribution is 9.10. The molecule has 0 atom stereocenters. The Kier molecular flexibility index (Phi) is 3.98. The van der Waals surface area contributed by atoms with E-state index < -0.39 is 6.03 Å². The van der Waals surface area contributed by atoms with Gasteiger partial charge in [0, 0.05) is 4.47 Å². The molecule has 3 rings (SSSR count). The van der Waals surface area contributed by atoms with Crippen molar-refractivity contribution in [3.8, 4) is 5.75 Å². The van der Waals surface area contributed by atoms with Gasteiger partial charge in [-0.3, -0.25) is 0 Å². The maximum absolute atomic E-state index is 12.1. The zero-order valence-electron chi connectivity index (χ0n) is 11.5. The Hall–Kier alpha value is -2.53. The highest BCUT2D eigenvalue weighted by atomic mass is 79.9. The Balaban J connectivity index is 1.82. The Morgan fingerprint density at radius 1 is 0.864 bits per heavy atom. The molecule has 0 saturated heterocycles. The van der Waals surface area contributed by atoms with Crippen molar-refractivity contribution < 1.29 is 9.90 Å². The molecule has 0 fully saturated rings. The van der Waals surface area contributed by atoms with Gasteiger partial charge in [0.1, 0.15) is 5.75 Å². The molecule has 0 spiro atoms. The van der Waals surface area contributed by atoms with Crippen LogP contribution in [0.1, 0.15) is 0 Å². The summed E-state index contributed by atoms with van der Waals surface area (Å²) < 4.78 is 0.785. The molecular formula is C17H13BrN2O2. The standard InChI is InChI=1S/C17H13BrN2O2/c18-13-7-3-4-8-14(13)19-17(22)20-15-9-11-5-1-2-6-12(11)10-16(15)21/h1-10,21H,(H2,19,20,22). The van der Waals surface area contributed by atoms with Gasteiger partial charge >= 0.3 is 6.03 Å². The molecular weight excluding hydrogens is 344 g/mol. The fourth-order valence-corrected chi connectivity index (χ4v) is 2.55. The number of phenols is 1. The third-order valence-corrected chi connectivity index (χ3v) is 3.93. The minimum atomic E-state index is -0.419. The lowest BCUT2D eigenvalue weighted by molar-refractivity contribution is 0.262. The summed E-state index contributed by atoms with van der Waals surface area (Å²) in [6, 6.07) is 17.9. The number of anilines is 2. The van der Waals surface area contributed by atoms with Crippen LogP contribution in [0, 0.1) is 0 Å². The number of carbonyl (C=O) groups is 1. The highest BCUT2D eigenvalue weighted by Crippen LogP contribution is 2.29. The lowest BCUT2D eigenvalue weighted by atomic mass is 10.1. The summed E-state index contributed by atoms with van der Waals surface area (Å²) in [5, 5.41) is 17.3. The van der Waals surface area contributed by atoms with E-state index in [0.717, 1.165) is 15.2 Å². The summed E-state index contributed by atoms with van der Waals surface area (Å²) >= 11 is 3.37. The van der Waals surface area contributed by atoms with E-state index in [1.54, 1.807) is 18.2 Å². The number of carbonyl (C=O) groups excluding carboxylic acids is 1. The van der Waals surface area contributed by atoms with Gasteiger partial charge in [-0.25, -0.2) is 4.79 Å². The van der Waals surface area contributed by atoms with Crippen LogP contribution in [0.4, 0.5) is 16.2 Å². The fourth-order valence-electron chi connectivity index (χ4n) is 2.17. The molecule has 0 aliphatic rings. The first kappa shape index (κ1) is 14.4. The van der Waals surface area contributed by atoms with E-state index in [1.165, 1.54) is 0 Å². The van der Waals surface area contributed by atoms with Gasteiger partial charge in [-0.05, 0) is 51.0 Å². The highest BCUT2D eigenvalue weighted by Gasteiger charge is 2.09. The van der Waals surface area contributed by atoms with E-state index in [1.807, 2.05) is 42.5 Å². The minimum absolute atomic E-state index is 0.0287. The van der Waals surface area contributed by atoms with Crippen LogP contribution in [0.3, 0.4) is 0 Å². The van der Waals surface area contributed by atoms with Crippen molar-refractivity contribution in [2.24, 2.45) is 0 Å². The molecule has 0 aromatic heterocycles. The number of fused-ring (bicyclic) bond motifs is 1. The number of benzene rings is 3. The molecule has 4 nitrogen and oxygen atoms in total. The van der Waals surface area contributed by atoms with E-state index in [0.29, 0.717) is 11.4 Å². The van der Waals surface area contributed by atoms with Crippen LogP contribution in [0.5, 0.6) is 5.75 Å². The zero-order valence-corrected chi connectivity index (χ0v) is 13.1. The number of para-hydroxylation sites is 1. The average molecular weight is 357 g/mol. The topological polar surface area (TPSA) is 61.4 Å². The normalized spacial score (nSPS) is 10.4. The summed E-state index contributed by atoms with van der Waals surface area (Å²) in [5.41, 5.74) is 1.02. The summed E-state index contributed by atoms with van der Waals surface area (Å²) in [7, 11) is 0. The molecule has 0 bridgehead atoms. The van der Waals surface area contributed by atoms with E-state index in [2.05, 4.69) is 26.6 Å². The zero-order chi connectivity index (χ0) is 15.5. The van der Waals surface area contributed by atoms with Crippen LogP contribution in [-0.2, 0) is 0 Å². The molecule has 2 amide bonds. The molecule has 3 aromatic carbocycles. The number of hydrogen-bond donors (Lipinski definition) is 3. The molecule has 3 N–H and O–H groups in total. The average Bonchev–Trinajstić information content (AvgIpc) is 2.50. The molecule has 0 saturated carbocycles. The molecule has 0 unspecified atom stereocenters. The number of halogens is 1. The minimum Gasteiger partial charge on any atom is -0.506 e. The number of amides is 2. The van der Waals surface area contributed by atoms with E-state index in [4.69, 9.17) is 0 Å². The predicted molar refractivity (Wildman–Crippen MR) is 92.4 cm³/mol. The van der Waals surface area contributed by atoms with Crippen molar-refractivity contribution in [1.29, 1.82) is 0 Å². The monoisotopic (exact) mass is 356 g/mol. The van der Waals surface area contributed by atoms with Gasteiger partial charge in [0.05, 0.1) is 11.4 Å². The van der Waals surface area contributed by atoms with Crippen molar-refractivity contribution in [1.82, 2.24) is 0 Å². The number of rotatable bonds is 2. The van der Waals surface area contributed by atoms with Crippen molar-refractivity contribution in [2.75, 3.05) is 10.6 Å². The third-order valence-electron chi connectivity index (χ3n) is 3.23. The number of hydrogen-bond acceptors (Lipinski definition) is 2. The maximum atomic E-state index is 12.1. The van der Waals surface area contributed by atoms with Gasteiger partial charge in [0.2, 0.25) is 0 Å². The van der Waals surface area contributed by atoms with E-state index >= 15 is 0 Å². The SMILES string of the molecule is O=C(Nc1cc2ccccc2cc1O)Nc1ccccc1Br. The smallest absolute Gasteiger partial charge is 0.323 e. The van der Waals surface area contributed by atoms with Gasteiger partial charge in [0.15, 0.2) is 0 Å². The lowest BCUT2D eigenvalue weighted by Crippen LogP contribution is -2.19. The van der Waals surface area contributed by atoms with Crippen LogP contribution in [0.15, 0.2) is 65.1 Å². The van der Waals surface area contributed by atoms with Gasteiger partial charge in [0.25, 0.3) is 0 Å². The maximum Gasteiger partial charge on any atom is 0.323 e. The van der Waals surface area contributed by atoms with E-state index in [-0.39, 0.29) is 5.75 Å². The van der Waals surface area contributed by atoms with Crippen LogP contribution < -0.4 is 10.6 Å². The molecule has 22 heavy (non-hydrogen) atoms. The van der Waals surface area contributed by atoms with Crippen LogP contribution >= 0.6 is 15.9 Å². The number of urea groups is 1. The van der Waals surface area contributed by atoms with Gasteiger partial charge in [-0.1, -0.05) is 36.4 Å². The van der Waals surface area contributed by atoms with Crippen molar-refractivity contribution >= 4 is 44.1 Å². The van der Waals surface area contributed by atoms with Gasteiger partial charge in [-0.2, -0.15) is 0 Å². The second-order valence-corrected chi connectivity index (χ2v) is 5.63. The first-order valence-electron chi connectivity index (χ1n) is 6.68. The third kappa shape index (κ3) is 3.04. The van der Waals surface area contributed by atoms with Crippen LogP contribution in [0.25, 0.3) is 10.8 Å². The molecule has 0 aliphatic carbocycles. The van der Waals surface area contributed by atoms with Crippen molar-refractivity contribution in [2.45, 2.75) is 0 Å². The van der Waals surface area contributed by atoms with E-state index in [9.17, 15) is 9.90 Å². The van der Waals surface area contributed by atoms with Crippen molar-refractivity contribution in [3.05, 3.63) is 65.1 Å². The van der Waals surface area contributed by atoms with Crippen molar-refractivity contribution in [3.63, 3.8) is 0 Å². The Morgan fingerprint density at radius 2 is 1.45 bits per heavy atom. The largest absolute Gasteiger partial charge is 0.506 e. The summed E-state index contributed by atoms with van der Waals surface area (Å²) in [6.45, 7) is 0. The summed E-state index contributed by atoms with van der Waals surface area (Å²) in [5.74, 6) is 0.0287. The quantitative estimate of drug-likeness (QED) is 0.568. The Bertz CT molecular complexity index is 849. The van der Waals surface area contributed by atoms with Crippen LogP contribution in [0.2, 0.25) is 0 Å². The summed E-state index contributed by atoms with van der Waals surface area (Å²) in [4.78, 5) is 12.1. The molecule has 0 heterocycles. The summed E-state index contributed by atoms with van der Waals surface area (Å²) in [6.07, 6.45) is 0. The second-order valence-electron chi connectivity index (χ2n) is 4.78. The number of nitrogens with one attached hydrogen (secondary N) is 2. The second kappa shape index (κ2) is 6.07. The predicted octanol–water partition coefficient (Wildman–Crippen LogP) is 4.95. The molecule has 3 aromatic rings. The molecule has 5 heteroatoms. The Labute approximate surface area is 135 Å². The molecule has 0 radical (unpaired) electrons. The fraction of sp³-hybridized carbons (Fsp3) is 0. The Morgan fingerprint density at radius 3 is 2.18 bits per heavy atom. The first-order valence-corrected chi connectivity index (χ1v) is 7.47. The van der Waals surface area contributed by atoms with Gasteiger partial charge in [-0.15, -0.1) is 0 Å². The number of aromatic hydroxyl groups is 1. The first-order chi connectivity index (χ1) is 10.6. The lowest BCUT2D eigenvalue weighted by Gasteiger charge is -2.11. The number of phenolic OH excluding ortho intramolecular Hbond substituents is 1.